The highest BCUT2D eigenvalue weighted by atomic mass is 32.2. The smallest absolute Gasteiger partial charge is 0.240 e. The van der Waals surface area contributed by atoms with Crippen molar-refractivity contribution in [1.29, 1.82) is 0 Å². The number of hydrogen-bond acceptors (Lipinski definition) is 3. The van der Waals surface area contributed by atoms with E-state index in [1.807, 2.05) is 6.92 Å². The molecule has 100 valence electrons. The molecule has 0 heterocycles. The highest BCUT2D eigenvalue weighted by molar-refractivity contribution is 7.89. The van der Waals surface area contributed by atoms with Crippen molar-refractivity contribution in [3.63, 3.8) is 0 Å². The largest absolute Gasteiger partial charge is 0.324 e. The summed E-state index contributed by atoms with van der Waals surface area (Å²) >= 11 is 0. The molecule has 0 bridgehead atoms. The van der Waals surface area contributed by atoms with Gasteiger partial charge in [-0.1, -0.05) is 25.5 Å². The summed E-state index contributed by atoms with van der Waals surface area (Å²) in [5.74, 6) is 0.503. The molecule has 3 N–H and O–H groups in total. The molecule has 1 aromatic rings. The molecule has 0 saturated heterocycles. The van der Waals surface area contributed by atoms with Gasteiger partial charge in [0.25, 0.3) is 0 Å². The maximum atomic E-state index is 12.1. The Kier molecular flexibility index (Phi) is 3.75. The van der Waals surface area contributed by atoms with E-state index in [9.17, 15) is 8.42 Å². The number of sulfonamides is 1. The molecular formula is C13H20N2O2S. The minimum atomic E-state index is -3.37. The van der Waals surface area contributed by atoms with Crippen LogP contribution < -0.4 is 10.5 Å². The molecule has 5 heteroatoms. The fourth-order valence-corrected chi connectivity index (χ4v) is 3.38. The van der Waals surface area contributed by atoms with Gasteiger partial charge in [-0.15, -0.1) is 0 Å². The van der Waals surface area contributed by atoms with Crippen LogP contribution in [0.2, 0.25) is 0 Å². The summed E-state index contributed by atoms with van der Waals surface area (Å²) in [4.78, 5) is 0.314. The molecule has 0 amide bonds. The van der Waals surface area contributed by atoms with Crippen molar-refractivity contribution in [2.24, 2.45) is 11.7 Å². The third kappa shape index (κ3) is 2.91. The zero-order chi connectivity index (χ0) is 13.3. The van der Waals surface area contributed by atoms with Crippen LogP contribution in [0.15, 0.2) is 29.2 Å². The second kappa shape index (κ2) is 4.99. The van der Waals surface area contributed by atoms with Gasteiger partial charge in [0.1, 0.15) is 0 Å². The predicted molar refractivity (Wildman–Crippen MR) is 71.6 cm³/mol. The first-order valence-corrected chi connectivity index (χ1v) is 7.80. The minimum absolute atomic E-state index is 0.0809. The average molecular weight is 268 g/mol. The van der Waals surface area contributed by atoms with Crippen molar-refractivity contribution in [3.8, 4) is 0 Å². The van der Waals surface area contributed by atoms with Crippen molar-refractivity contribution >= 4 is 10.0 Å². The van der Waals surface area contributed by atoms with Gasteiger partial charge < -0.3 is 5.73 Å². The second-order valence-electron chi connectivity index (χ2n) is 4.99. The minimum Gasteiger partial charge on any atom is -0.324 e. The first kappa shape index (κ1) is 13.5. The van der Waals surface area contributed by atoms with E-state index in [0.29, 0.717) is 10.8 Å². The molecule has 0 aliphatic heterocycles. The molecule has 4 nitrogen and oxygen atoms in total. The number of benzene rings is 1. The Morgan fingerprint density at radius 3 is 2.44 bits per heavy atom. The summed E-state index contributed by atoms with van der Waals surface area (Å²) in [7, 11) is -3.37. The molecule has 0 spiro atoms. The lowest BCUT2D eigenvalue weighted by Gasteiger charge is -2.09. The topological polar surface area (TPSA) is 72.2 Å². The van der Waals surface area contributed by atoms with Crippen molar-refractivity contribution in [2.75, 3.05) is 0 Å². The van der Waals surface area contributed by atoms with Gasteiger partial charge in [-0.05, 0) is 37.0 Å². The lowest BCUT2D eigenvalue weighted by molar-refractivity contribution is 0.576. The van der Waals surface area contributed by atoms with E-state index in [0.717, 1.165) is 18.4 Å². The van der Waals surface area contributed by atoms with Gasteiger partial charge in [-0.3, -0.25) is 0 Å². The monoisotopic (exact) mass is 268 g/mol. The lowest BCUT2D eigenvalue weighted by Crippen LogP contribution is -2.27. The Morgan fingerprint density at radius 2 is 2.00 bits per heavy atom. The van der Waals surface area contributed by atoms with Gasteiger partial charge in [0.05, 0.1) is 4.90 Å². The molecule has 1 aliphatic rings. The van der Waals surface area contributed by atoms with Crippen LogP contribution in [-0.4, -0.2) is 14.5 Å². The molecule has 1 aromatic carbocycles. The number of nitrogens with one attached hydrogen (secondary N) is 1. The summed E-state index contributed by atoms with van der Waals surface area (Å²) < 4.78 is 26.9. The van der Waals surface area contributed by atoms with Crippen LogP contribution >= 0.6 is 0 Å². The molecule has 1 aliphatic carbocycles. The first-order chi connectivity index (χ1) is 8.44. The second-order valence-corrected chi connectivity index (χ2v) is 6.70. The fraction of sp³-hybridized carbons (Fsp3) is 0.538. The molecule has 0 radical (unpaired) electrons. The maximum absolute atomic E-state index is 12.1. The quantitative estimate of drug-likeness (QED) is 0.855. The van der Waals surface area contributed by atoms with E-state index in [1.54, 1.807) is 24.3 Å². The standard InChI is InChI=1S/C13H20N2O2S/c1-3-10-8-13(10)15-18(16,17)12-6-4-11(5-7-12)9(2)14/h4-7,9-10,13,15H,3,8,14H2,1-2H3. The Morgan fingerprint density at radius 1 is 1.39 bits per heavy atom. The summed E-state index contributed by atoms with van der Waals surface area (Å²) in [5.41, 5.74) is 6.67. The van der Waals surface area contributed by atoms with Crippen LogP contribution in [0.25, 0.3) is 0 Å². The normalized spacial score (nSPS) is 24.8. The molecule has 1 saturated carbocycles. The van der Waals surface area contributed by atoms with Crippen LogP contribution in [0.4, 0.5) is 0 Å². The summed E-state index contributed by atoms with van der Waals surface area (Å²) in [6.45, 7) is 3.95. The van der Waals surface area contributed by atoms with Crippen LogP contribution in [0.1, 0.15) is 38.3 Å². The molecule has 1 fully saturated rings. The SMILES string of the molecule is CCC1CC1NS(=O)(=O)c1ccc(C(C)N)cc1. The van der Waals surface area contributed by atoms with Gasteiger partial charge in [0.2, 0.25) is 10.0 Å². The van der Waals surface area contributed by atoms with Crippen LogP contribution in [0.5, 0.6) is 0 Å². The van der Waals surface area contributed by atoms with E-state index in [1.165, 1.54) is 0 Å². The Balaban J connectivity index is 2.10. The molecule has 0 aromatic heterocycles. The van der Waals surface area contributed by atoms with Crippen molar-refractivity contribution < 1.29 is 8.42 Å². The van der Waals surface area contributed by atoms with Crippen molar-refractivity contribution in [2.45, 2.75) is 43.7 Å². The van der Waals surface area contributed by atoms with Gasteiger partial charge in [-0.25, -0.2) is 13.1 Å². The first-order valence-electron chi connectivity index (χ1n) is 6.32. The zero-order valence-electron chi connectivity index (χ0n) is 10.8. The van der Waals surface area contributed by atoms with Crippen LogP contribution in [0.3, 0.4) is 0 Å². The maximum Gasteiger partial charge on any atom is 0.240 e. The number of nitrogens with two attached hydrogens (primary N) is 1. The molecule has 3 atom stereocenters. The number of hydrogen-bond donors (Lipinski definition) is 2. The fourth-order valence-electron chi connectivity index (χ4n) is 2.06. The Hall–Kier alpha value is -0.910. The lowest BCUT2D eigenvalue weighted by atomic mass is 10.1. The molecule has 18 heavy (non-hydrogen) atoms. The molecular weight excluding hydrogens is 248 g/mol. The van der Waals surface area contributed by atoms with Crippen molar-refractivity contribution in [3.05, 3.63) is 29.8 Å². The summed E-state index contributed by atoms with van der Waals surface area (Å²) in [5, 5.41) is 0. The third-order valence-electron chi connectivity index (χ3n) is 3.47. The van der Waals surface area contributed by atoms with Gasteiger partial charge in [0, 0.05) is 12.1 Å². The van der Waals surface area contributed by atoms with Gasteiger partial charge >= 0.3 is 0 Å². The van der Waals surface area contributed by atoms with Crippen LogP contribution in [0, 0.1) is 5.92 Å². The third-order valence-corrected chi connectivity index (χ3v) is 4.98. The number of rotatable bonds is 5. The Bertz CT molecular complexity index is 508. The predicted octanol–water partition coefficient (Wildman–Crippen LogP) is 1.78. The van der Waals surface area contributed by atoms with E-state index < -0.39 is 10.0 Å². The van der Waals surface area contributed by atoms with E-state index >= 15 is 0 Å². The van der Waals surface area contributed by atoms with E-state index in [4.69, 9.17) is 5.73 Å². The summed E-state index contributed by atoms with van der Waals surface area (Å²) in [6.07, 6.45) is 1.98. The van der Waals surface area contributed by atoms with E-state index in [-0.39, 0.29) is 12.1 Å². The van der Waals surface area contributed by atoms with E-state index in [2.05, 4.69) is 11.6 Å². The highest BCUT2D eigenvalue weighted by Gasteiger charge is 2.38. The molecule has 3 unspecified atom stereocenters. The van der Waals surface area contributed by atoms with Crippen molar-refractivity contribution in [1.82, 2.24) is 4.72 Å². The van der Waals surface area contributed by atoms with Crippen LogP contribution in [-0.2, 0) is 10.0 Å². The highest BCUT2D eigenvalue weighted by Crippen LogP contribution is 2.34. The Labute approximate surface area is 109 Å². The zero-order valence-corrected chi connectivity index (χ0v) is 11.6. The average Bonchev–Trinajstić information content (AvgIpc) is 3.06. The van der Waals surface area contributed by atoms with Gasteiger partial charge in [0.15, 0.2) is 0 Å². The van der Waals surface area contributed by atoms with Gasteiger partial charge in [-0.2, -0.15) is 0 Å². The molecule has 2 rings (SSSR count). The summed E-state index contributed by atoms with van der Waals surface area (Å²) in [6, 6.07) is 6.80.